The number of carbonyl (C=O) groups excluding carboxylic acids is 1. The van der Waals surface area contributed by atoms with Gasteiger partial charge in [0.05, 0.1) is 0 Å². The monoisotopic (exact) mass is 424 g/mol. The molecule has 1 aromatic carbocycles. The number of benzene rings is 1. The van der Waals surface area contributed by atoms with E-state index in [2.05, 4.69) is 65.4 Å². The second-order valence-corrected chi connectivity index (χ2v) is 8.02. The minimum Gasteiger partial charge on any atom is -0.354 e. The third-order valence-corrected chi connectivity index (χ3v) is 5.63. The summed E-state index contributed by atoms with van der Waals surface area (Å²) < 4.78 is 0. The van der Waals surface area contributed by atoms with Crippen molar-refractivity contribution in [1.29, 1.82) is 0 Å². The van der Waals surface area contributed by atoms with E-state index in [1.165, 1.54) is 5.56 Å². The molecule has 1 aromatic heterocycles. The van der Waals surface area contributed by atoms with Gasteiger partial charge in [0.1, 0.15) is 6.04 Å². The quantitative estimate of drug-likeness (QED) is 0.471. The van der Waals surface area contributed by atoms with Gasteiger partial charge in [-0.1, -0.05) is 30.3 Å². The van der Waals surface area contributed by atoms with Crippen molar-refractivity contribution in [1.82, 2.24) is 25.6 Å². The molecule has 2 fully saturated rings. The summed E-state index contributed by atoms with van der Waals surface area (Å²) >= 11 is 0. The van der Waals surface area contributed by atoms with E-state index in [-0.39, 0.29) is 11.9 Å². The molecule has 9 nitrogen and oxygen atoms in total. The first kappa shape index (κ1) is 21.3. The fourth-order valence-corrected chi connectivity index (χ4v) is 3.88. The fraction of sp³-hybridized carbons (Fsp3) is 0.545. The highest BCUT2D eigenvalue weighted by Gasteiger charge is 2.23. The minimum atomic E-state index is -0.313. The van der Waals surface area contributed by atoms with E-state index in [1.54, 1.807) is 0 Å². The first-order valence-corrected chi connectivity index (χ1v) is 11.3. The van der Waals surface area contributed by atoms with Gasteiger partial charge in [-0.3, -0.25) is 4.79 Å². The van der Waals surface area contributed by atoms with Crippen molar-refractivity contribution in [3.8, 4) is 0 Å². The molecule has 2 aromatic rings. The topological polar surface area (TPSA) is 107 Å². The number of rotatable bonds is 8. The molecule has 31 heavy (non-hydrogen) atoms. The number of nitrogens with one attached hydrogen (secondary N) is 4. The van der Waals surface area contributed by atoms with Gasteiger partial charge in [-0.2, -0.15) is 15.0 Å². The lowest BCUT2D eigenvalue weighted by Gasteiger charge is -2.28. The molecule has 2 aliphatic rings. The SMILES string of the molecule is O=C1NCCCCC1Nc1nc(NCCCc2ccccc2)nc(N2CCNCC2)n1. The number of carbonyl (C=O) groups is 1. The van der Waals surface area contributed by atoms with Crippen LogP contribution in [0.3, 0.4) is 0 Å². The summed E-state index contributed by atoms with van der Waals surface area (Å²) in [6, 6.07) is 10.1. The van der Waals surface area contributed by atoms with Crippen LogP contribution in [0.15, 0.2) is 30.3 Å². The van der Waals surface area contributed by atoms with Crippen LogP contribution in [0.25, 0.3) is 0 Å². The van der Waals surface area contributed by atoms with E-state index < -0.39 is 0 Å². The van der Waals surface area contributed by atoms with Crippen molar-refractivity contribution in [2.45, 2.75) is 38.1 Å². The first-order valence-electron chi connectivity index (χ1n) is 11.3. The van der Waals surface area contributed by atoms with E-state index in [1.807, 2.05) is 6.07 Å². The van der Waals surface area contributed by atoms with Crippen molar-refractivity contribution in [2.24, 2.45) is 0 Å². The highest BCUT2D eigenvalue weighted by atomic mass is 16.2. The van der Waals surface area contributed by atoms with Gasteiger partial charge in [0, 0.05) is 39.3 Å². The second-order valence-electron chi connectivity index (χ2n) is 8.02. The number of amides is 1. The van der Waals surface area contributed by atoms with Crippen LogP contribution in [0.4, 0.5) is 17.8 Å². The van der Waals surface area contributed by atoms with E-state index in [4.69, 9.17) is 0 Å². The normalized spacial score (nSPS) is 19.4. The van der Waals surface area contributed by atoms with Gasteiger partial charge in [-0.05, 0) is 37.7 Å². The lowest BCUT2D eigenvalue weighted by molar-refractivity contribution is -0.121. The van der Waals surface area contributed by atoms with Gasteiger partial charge < -0.3 is 26.2 Å². The number of hydrogen-bond donors (Lipinski definition) is 4. The van der Waals surface area contributed by atoms with Crippen LogP contribution < -0.4 is 26.2 Å². The molecule has 0 spiro atoms. The Hall–Kier alpha value is -2.94. The molecule has 2 saturated heterocycles. The van der Waals surface area contributed by atoms with Gasteiger partial charge in [0.25, 0.3) is 0 Å². The van der Waals surface area contributed by atoms with Crippen molar-refractivity contribution in [2.75, 3.05) is 54.8 Å². The molecule has 1 unspecified atom stereocenters. The summed E-state index contributed by atoms with van der Waals surface area (Å²) in [6.45, 7) is 5.00. The molecule has 9 heteroatoms. The Balaban J connectivity index is 1.43. The van der Waals surface area contributed by atoms with Crippen molar-refractivity contribution >= 4 is 23.8 Å². The van der Waals surface area contributed by atoms with Crippen molar-refractivity contribution < 1.29 is 4.79 Å². The maximum Gasteiger partial charge on any atom is 0.242 e. The summed E-state index contributed by atoms with van der Waals surface area (Å²) in [7, 11) is 0. The zero-order chi connectivity index (χ0) is 21.3. The molecule has 1 atom stereocenters. The Labute approximate surface area is 183 Å². The van der Waals surface area contributed by atoms with E-state index in [0.29, 0.717) is 17.8 Å². The standard InChI is InChI=1S/C22H32N8O/c31-19-18(10-4-5-11-24-19)26-21-27-20(25-12-6-9-17-7-2-1-3-8-17)28-22(29-21)30-15-13-23-14-16-30/h1-3,7-8,18,23H,4-6,9-16H2,(H,24,31)(H2,25,26,27,28,29). The van der Waals surface area contributed by atoms with E-state index >= 15 is 0 Å². The van der Waals surface area contributed by atoms with Crippen LogP contribution in [0.1, 0.15) is 31.2 Å². The largest absolute Gasteiger partial charge is 0.354 e. The smallest absolute Gasteiger partial charge is 0.242 e. The van der Waals surface area contributed by atoms with Gasteiger partial charge >= 0.3 is 0 Å². The summed E-state index contributed by atoms with van der Waals surface area (Å²) in [5.74, 6) is 1.67. The molecule has 4 N–H and O–H groups in total. The van der Waals surface area contributed by atoms with Crippen LogP contribution in [0.5, 0.6) is 0 Å². The van der Waals surface area contributed by atoms with Crippen molar-refractivity contribution in [3.05, 3.63) is 35.9 Å². The summed E-state index contributed by atoms with van der Waals surface area (Å²) in [5.41, 5.74) is 1.32. The van der Waals surface area contributed by atoms with Gasteiger partial charge in [0.2, 0.25) is 23.8 Å². The Morgan fingerprint density at radius 2 is 1.81 bits per heavy atom. The molecule has 0 aliphatic carbocycles. The van der Waals surface area contributed by atoms with Gasteiger partial charge in [-0.25, -0.2) is 0 Å². The molecule has 0 radical (unpaired) electrons. The third kappa shape index (κ3) is 6.27. The molecule has 0 bridgehead atoms. The average Bonchev–Trinajstić information content (AvgIpc) is 3.02. The van der Waals surface area contributed by atoms with E-state index in [0.717, 1.165) is 71.4 Å². The first-order chi connectivity index (χ1) is 15.3. The molecular weight excluding hydrogens is 392 g/mol. The van der Waals surface area contributed by atoms with E-state index in [9.17, 15) is 4.79 Å². The number of aromatic nitrogens is 3. The number of nitrogens with zero attached hydrogens (tertiary/aromatic N) is 4. The summed E-state index contributed by atoms with van der Waals surface area (Å²) in [4.78, 5) is 28.4. The zero-order valence-corrected chi connectivity index (χ0v) is 17.9. The minimum absolute atomic E-state index is 0.0130. The van der Waals surface area contributed by atoms with Crippen LogP contribution >= 0.6 is 0 Å². The molecule has 2 aliphatic heterocycles. The average molecular weight is 425 g/mol. The third-order valence-electron chi connectivity index (χ3n) is 5.63. The number of anilines is 3. The Bertz CT molecular complexity index is 841. The molecule has 166 valence electrons. The summed E-state index contributed by atoms with van der Waals surface area (Å²) in [5, 5.41) is 12.9. The zero-order valence-electron chi connectivity index (χ0n) is 17.9. The second kappa shape index (κ2) is 10.9. The molecule has 4 rings (SSSR count). The maximum atomic E-state index is 12.4. The molecule has 0 saturated carbocycles. The molecule has 1 amide bonds. The van der Waals surface area contributed by atoms with Crippen LogP contribution in [-0.4, -0.2) is 66.2 Å². The highest BCUT2D eigenvalue weighted by Crippen LogP contribution is 2.17. The predicted molar refractivity (Wildman–Crippen MR) is 122 cm³/mol. The Morgan fingerprint density at radius 3 is 2.65 bits per heavy atom. The lowest BCUT2D eigenvalue weighted by Crippen LogP contribution is -2.44. The Morgan fingerprint density at radius 1 is 1.00 bits per heavy atom. The van der Waals surface area contributed by atoms with Gasteiger partial charge in [-0.15, -0.1) is 0 Å². The van der Waals surface area contributed by atoms with Crippen LogP contribution in [0.2, 0.25) is 0 Å². The number of hydrogen-bond acceptors (Lipinski definition) is 8. The maximum absolute atomic E-state index is 12.4. The molecular formula is C22H32N8O. The highest BCUT2D eigenvalue weighted by molar-refractivity contribution is 5.84. The van der Waals surface area contributed by atoms with Gasteiger partial charge in [0.15, 0.2) is 0 Å². The number of piperazine rings is 1. The lowest BCUT2D eigenvalue weighted by atomic mass is 10.1. The van der Waals surface area contributed by atoms with Crippen LogP contribution in [0, 0.1) is 0 Å². The summed E-state index contributed by atoms with van der Waals surface area (Å²) in [6.07, 6.45) is 4.75. The molecule has 3 heterocycles. The van der Waals surface area contributed by atoms with Crippen molar-refractivity contribution in [3.63, 3.8) is 0 Å². The van der Waals surface area contributed by atoms with Crippen LogP contribution in [-0.2, 0) is 11.2 Å². The Kier molecular flexibility index (Phi) is 7.49. The fourth-order valence-electron chi connectivity index (χ4n) is 3.88. The predicted octanol–water partition coefficient (Wildman–Crippen LogP) is 1.41. The number of aryl methyl sites for hydroxylation is 1.